The lowest BCUT2D eigenvalue weighted by molar-refractivity contribution is 0.598. The first-order chi connectivity index (χ1) is 8.70. The first-order valence-electron chi connectivity index (χ1n) is 6.61. The molecule has 4 heteroatoms. The van der Waals surface area contributed by atoms with E-state index >= 15 is 0 Å². The lowest BCUT2D eigenvalue weighted by Gasteiger charge is -2.12. The van der Waals surface area contributed by atoms with Gasteiger partial charge in [0.15, 0.2) is 0 Å². The van der Waals surface area contributed by atoms with Crippen LogP contribution < -0.4 is 5.73 Å². The molecule has 0 spiro atoms. The topological polar surface area (TPSA) is 43.8 Å². The second kappa shape index (κ2) is 4.56. The molecule has 2 atom stereocenters. The molecular formula is C14H18ClN3. The van der Waals surface area contributed by atoms with Gasteiger partial charge >= 0.3 is 0 Å². The quantitative estimate of drug-likeness (QED) is 0.903. The molecule has 96 valence electrons. The summed E-state index contributed by atoms with van der Waals surface area (Å²) in [6.07, 6.45) is 3.29. The lowest BCUT2D eigenvalue weighted by Crippen LogP contribution is -2.15. The van der Waals surface area contributed by atoms with E-state index in [1.807, 2.05) is 18.2 Å². The Morgan fingerprint density at radius 1 is 1.44 bits per heavy atom. The smallest absolute Gasteiger partial charge is 0.113 e. The Labute approximate surface area is 112 Å². The zero-order valence-corrected chi connectivity index (χ0v) is 11.3. The summed E-state index contributed by atoms with van der Waals surface area (Å²) in [6, 6.07) is 6.26. The van der Waals surface area contributed by atoms with Crippen molar-refractivity contribution < 1.29 is 0 Å². The number of hydrogen-bond acceptors (Lipinski definition) is 2. The van der Waals surface area contributed by atoms with E-state index in [0.29, 0.717) is 12.0 Å². The number of hydrogen-bond donors (Lipinski definition) is 1. The van der Waals surface area contributed by atoms with E-state index in [1.165, 1.54) is 0 Å². The third-order valence-corrected chi connectivity index (χ3v) is 4.21. The number of halogens is 1. The molecule has 2 unspecified atom stereocenters. The number of nitrogens with two attached hydrogens (primary N) is 1. The van der Waals surface area contributed by atoms with Crippen molar-refractivity contribution in [2.45, 2.75) is 44.7 Å². The molecule has 2 aromatic rings. The highest BCUT2D eigenvalue weighted by atomic mass is 35.5. The molecule has 0 bridgehead atoms. The van der Waals surface area contributed by atoms with Crippen LogP contribution >= 0.6 is 11.6 Å². The van der Waals surface area contributed by atoms with E-state index in [9.17, 15) is 0 Å². The van der Waals surface area contributed by atoms with Gasteiger partial charge in [-0.3, -0.25) is 0 Å². The number of fused-ring (bicyclic) bond motifs is 1. The number of benzene rings is 1. The Hall–Kier alpha value is -1.06. The van der Waals surface area contributed by atoms with Crippen LogP contribution in [0.1, 0.15) is 37.9 Å². The largest absolute Gasteiger partial charge is 0.328 e. The van der Waals surface area contributed by atoms with Crippen molar-refractivity contribution in [2.24, 2.45) is 5.73 Å². The minimum Gasteiger partial charge on any atom is -0.328 e. The zero-order chi connectivity index (χ0) is 12.7. The summed E-state index contributed by atoms with van der Waals surface area (Å²) in [5.74, 6) is 1.65. The number of para-hydroxylation sites is 1. The minimum atomic E-state index is 0.329. The molecule has 0 amide bonds. The highest BCUT2D eigenvalue weighted by Gasteiger charge is 2.27. The lowest BCUT2D eigenvalue weighted by atomic mass is 10.1. The molecule has 1 saturated carbocycles. The number of rotatable bonds is 2. The monoisotopic (exact) mass is 263 g/mol. The summed E-state index contributed by atoms with van der Waals surface area (Å²) in [5, 5.41) is 0.787. The van der Waals surface area contributed by atoms with Crippen LogP contribution in [0.3, 0.4) is 0 Å². The Morgan fingerprint density at radius 2 is 2.28 bits per heavy atom. The molecule has 1 aliphatic rings. The first-order valence-corrected chi connectivity index (χ1v) is 6.98. The first kappa shape index (κ1) is 12.0. The average molecular weight is 264 g/mol. The summed E-state index contributed by atoms with van der Waals surface area (Å²) in [5.41, 5.74) is 8.08. The van der Waals surface area contributed by atoms with Gasteiger partial charge in [-0.15, -0.1) is 0 Å². The molecular weight excluding hydrogens is 246 g/mol. The molecule has 0 aliphatic heterocycles. The van der Waals surface area contributed by atoms with Crippen molar-refractivity contribution in [1.29, 1.82) is 0 Å². The van der Waals surface area contributed by atoms with Crippen LogP contribution in [0.25, 0.3) is 11.0 Å². The van der Waals surface area contributed by atoms with Gasteiger partial charge in [0.1, 0.15) is 5.82 Å². The van der Waals surface area contributed by atoms with Gasteiger partial charge in [0, 0.05) is 18.5 Å². The summed E-state index contributed by atoms with van der Waals surface area (Å²) < 4.78 is 2.25. The highest BCUT2D eigenvalue weighted by molar-refractivity contribution is 6.35. The van der Waals surface area contributed by atoms with Crippen molar-refractivity contribution in [3.8, 4) is 0 Å². The number of nitrogens with zero attached hydrogens (tertiary/aromatic N) is 2. The molecule has 0 saturated heterocycles. The maximum Gasteiger partial charge on any atom is 0.113 e. The van der Waals surface area contributed by atoms with Crippen LogP contribution in [-0.2, 0) is 6.54 Å². The van der Waals surface area contributed by atoms with E-state index in [1.54, 1.807) is 0 Å². The average Bonchev–Trinajstić information content (AvgIpc) is 2.92. The van der Waals surface area contributed by atoms with Gasteiger partial charge < -0.3 is 10.3 Å². The van der Waals surface area contributed by atoms with E-state index in [2.05, 4.69) is 11.5 Å². The third-order valence-electron chi connectivity index (χ3n) is 3.90. The number of aromatic nitrogens is 2. The predicted molar refractivity (Wildman–Crippen MR) is 75.0 cm³/mol. The van der Waals surface area contributed by atoms with Crippen molar-refractivity contribution >= 4 is 22.6 Å². The maximum atomic E-state index is 6.30. The third kappa shape index (κ3) is 1.82. The molecule has 1 fully saturated rings. The van der Waals surface area contributed by atoms with E-state index in [-0.39, 0.29) is 0 Å². The van der Waals surface area contributed by atoms with Crippen molar-refractivity contribution in [2.75, 3.05) is 0 Å². The Balaban J connectivity index is 2.14. The fraction of sp³-hybridized carbons (Fsp3) is 0.500. The summed E-state index contributed by atoms with van der Waals surface area (Å²) in [4.78, 5) is 4.78. The van der Waals surface area contributed by atoms with Gasteiger partial charge in [-0.2, -0.15) is 0 Å². The van der Waals surface area contributed by atoms with Crippen LogP contribution in [0, 0.1) is 0 Å². The second-order valence-electron chi connectivity index (χ2n) is 5.09. The summed E-state index contributed by atoms with van der Waals surface area (Å²) >= 11 is 6.30. The van der Waals surface area contributed by atoms with Gasteiger partial charge in [-0.1, -0.05) is 17.7 Å². The molecule has 1 aromatic heterocycles. The summed E-state index contributed by atoms with van der Waals surface area (Å²) in [7, 11) is 0. The predicted octanol–water partition coefficient (Wildman–Crippen LogP) is 3.30. The second-order valence-corrected chi connectivity index (χ2v) is 5.50. The summed E-state index contributed by atoms with van der Waals surface area (Å²) in [6.45, 7) is 3.05. The van der Waals surface area contributed by atoms with Gasteiger partial charge in [0.2, 0.25) is 0 Å². The highest BCUT2D eigenvalue weighted by Crippen LogP contribution is 2.36. The van der Waals surface area contributed by atoms with E-state index in [0.717, 1.165) is 47.7 Å². The van der Waals surface area contributed by atoms with Crippen molar-refractivity contribution in [3.63, 3.8) is 0 Å². The normalized spacial score (nSPS) is 23.9. The van der Waals surface area contributed by atoms with Gasteiger partial charge in [0.05, 0.1) is 16.1 Å². The van der Waals surface area contributed by atoms with Crippen LogP contribution in [0.2, 0.25) is 5.02 Å². The standard InChI is InChI=1S/C14H18ClN3/c1-2-18-13-11(15)4-3-5-12(13)17-14(18)9-6-7-10(16)8-9/h3-5,9-10H,2,6-8,16H2,1H3. The molecule has 18 heavy (non-hydrogen) atoms. The fourth-order valence-corrected chi connectivity index (χ4v) is 3.31. The Bertz CT molecular complexity index is 576. The molecule has 3 nitrogen and oxygen atoms in total. The minimum absolute atomic E-state index is 0.329. The maximum absolute atomic E-state index is 6.30. The molecule has 0 radical (unpaired) electrons. The molecule has 1 aromatic carbocycles. The van der Waals surface area contributed by atoms with Gasteiger partial charge in [0.25, 0.3) is 0 Å². The Kier molecular flexibility index (Phi) is 3.04. The van der Waals surface area contributed by atoms with Gasteiger partial charge in [-0.05, 0) is 38.3 Å². The molecule has 1 aliphatic carbocycles. The fourth-order valence-electron chi connectivity index (χ4n) is 3.04. The number of imidazole rings is 1. The van der Waals surface area contributed by atoms with Crippen molar-refractivity contribution in [3.05, 3.63) is 29.0 Å². The molecule has 3 rings (SSSR count). The van der Waals surface area contributed by atoms with E-state index in [4.69, 9.17) is 22.3 Å². The SMILES string of the molecule is CCn1c(C2CCC(N)C2)nc2cccc(Cl)c21. The number of aryl methyl sites for hydroxylation is 1. The van der Waals surface area contributed by atoms with Crippen LogP contribution in [0.5, 0.6) is 0 Å². The van der Waals surface area contributed by atoms with Crippen molar-refractivity contribution in [1.82, 2.24) is 9.55 Å². The molecule has 1 heterocycles. The van der Waals surface area contributed by atoms with Crippen LogP contribution in [0.4, 0.5) is 0 Å². The Morgan fingerprint density at radius 3 is 2.94 bits per heavy atom. The zero-order valence-electron chi connectivity index (χ0n) is 10.6. The van der Waals surface area contributed by atoms with Gasteiger partial charge in [-0.25, -0.2) is 4.98 Å². The van der Waals surface area contributed by atoms with Crippen LogP contribution in [0.15, 0.2) is 18.2 Å². The van der Waals surface area contributed by atoms with E-state index < -0.39 is 0 Å². The van der Waals surface area contributed by atoms with Crippen LogP contribution in [-0.4, -0.2) is 15.6 Å². The molecule has 2 N–H and O–H groups in total.